The minimum atomic E-state index is -0.477. The van der Waals surface area contributed by atoms with Crippen molar-refractivity contribution in [2.24, 2.45) is 0 Å². The highest BCUT2D eigenvalue weighted by Crippen LogP contribution is 2.39. The molecule has 4 rings (SSSR count). The maximum atomic E-state index is 13.0. The molecule has 0 atom stereocenters. The number of nitrogens with one attached hydrogen (secondary N) is 3. The number of non-ortho nitro benzene ring substituents is 1. The van der Waals surface area contributed by atoms with Crippen LogP contribution in [0.25, 0.3) is 11.3 Å². The first kappa shape index (κ1) is 24.6. The summed E-state index contributed by atoms with van der Waals surface area (Å²) in [4.78, 5) is 35.4. The lowest BCUT2D eigenvalue weighted by Crippen LogP contribution is -2.19. The third kappa shape index (κ3) is 5.76. The van der Waals surface area contributed by atoms with Gasteiger partial charge in [-0.2, -0.15) is 0 Å². The molecule has 9 nitrogen and oxygen atoms in total. The van der Waals surface area contributed by atoms with Gasteiger partial charge in [0.05, 0.1) is 29.2 Å². The molecule has 0 aliphatic carbocycles. The summed E-state index contributed by atoms with van der Waals surface area (Å²) in [6.07, 6.45) is 0.288. The number of benzene rings is 3. The Morgan fingerprint density at radius 3 is 2.61 bits per heavy atom. The van der Waals surface area contributed by atoms with Crippen molar-refractivity contribution in [1.29, 1.82) is 0 Å². The Bertz CT molecular complexity index is 1320. The molecule has 3 aromatic rings. The van der Waals surface area contributed by atoms with Gasteiger partial charge in [-0.05, 0) is 36.2 Å². The van der Waals surface area contributed by atoms with Crippen LogP contribution in [0, 0.1) is 10.1 Å². The van der Waals surface area contributed by atoms with E-state index in [0.717, 1.165) is 16.8 Å². The lowest BCUT2D eigenvalue weighted by molar-refractivity contribution is -0.384. The van der Waals surface area contributed by atoms with Gasteiger partial charge in [0.15, 0.2) is 0 Å². The number of hydrogen-bond donors (Lipinski definition) is 3. The molecule has 0 saturated carbocycles. The zero-order valence-corrected chi connectivity index (χ0v) is 19.7. The fourth-order valence-corrected chi connectivity index (χ4v) is 3.96. The van der Waals surface area contributed by atoms with Crippen molar-refractivity contribution in [2.75, 3.05) is 23.8 Å². The number of ether oxygens (including phenoxy) is 1. The summed E-state index contributed by atoms with van der Waals surface area (Å²) < 4.78 is 4.94. The first-order valence-electron chi connectivity index (χ1n) is 11.6. The number of esters is 1. The van der Waals surface area contributed by atoms with Gasteiger partial charge < -0.3 is 20.7 Å². The lowest BCUT2D eigenvalue weighted by Gasteiger charge is -2.15. The van der Waals surface area contributed by atoms with Crippen LogP contribution in [0.1, 0.15) is 30.0 Å². The molecule has 0 unspecified atom stereocenters. The molecule has 1 heterocycles. The molecule has 0 radical (unpaired) electrons. The molecule has 0 bridgehead atoms. The van der Waals surface area contributed by atoms with Gasteiger partial charge in [0.2, 0.25) is 0 Å². The number of anilines is 2. The number of amides is 1. The third-order valence-electron chi connectivity index (χ3n) is 5.61. The monoisotopic (exact) mass is 486 g/mol. The van der Waals surface area contributed by atoms with Crippen LogP contribution >= 0.6 is 0 Å². The molecular formula is C27H26N4O5. The van der Waals surface area contributed by atoms with E-state index in [-0.39, 0.29) is 24.0 Å². The second kappa shape index (κ2) is 11.3. The summed E-state index contributed by atoms with van der Waals surface area (Å²) >= 11 is 0. The largest absolute Gasteiger partial charge is 0.466 e. The molecule has 0 saturated heterocycles. The minimum absolute atomic E-state index is 0.0916. The first-order valence-corrected chi connectivity index (χ1v) is 11.6. The van der Waals surface area contributed by atoms with Crippen LogP contribution in [-0.4, -0.2) is 30.0 Å². The van der Waals surface area contributed by atoms with Gasteiger partial charge in [-0.3, -0.25) is 19.7 Å². The van der Waals surface area contributed by atoms with E-state index in [2.05, 4.69) is 16.0 Å². The molecule has 36 heavy (non-hydrogen) atoms. The maximum Gasteiger partial charge on any atom is 0.307 e. The Balaban J connectivity index is 1.63. The van der Waals surface area contributed by atoms with Crippen molar-refractivity contribution >= 4 is 40.2 Å². The molecule has 1 aliphatic rings. The number of carbonyl (C=O) groups is 2. The highest BCUT2D eigenvalue weighted by atomic mass is 16.6. The molecule has 0 fully saturated rings. The summed E-state index contributed by atoms with van der Waals surface area (Å²) in [5.41, 5.74) is 4.27. The van der Waals surface area contributed by atoms with Gasteiger partial charge in [-0.1, -0.05) is 42.5 Å². The predicted molar refractivity (Wildman–Crippen MR) is 138 cm³/mol. The standard InChI is InChI=1S/C27H26N4O5/c1-2-36-24(32)13-14-28-17-18-7-6-10-20(15-18)29-26(19-8-4-3-5-9-19)25-22-16-21(31(34)35)11-12-23(22)30-27(25)33/h3-12,15-16,28-29H,2,13-14,17H2,1H3,(H,30,33)/b26-25-. The summed E-state index contributed by atoms with van der Waals surface area (Å²) in [6, 6.07) is 21.4. The number of carbonyl (C=O) groups excluding carboxylic acids is 2. The van der Waals surface area contributed by atoms with Crippen LogP contribution in [0.3, 0.4) is 0 Å². The summed E-state index contributed by atoms with van der Waals surface area (Å²) in [5, 5.41) is 20.8. The van der Waals surface area contributed by atoms with Crippen LogP contribution in [0.5, 0.6) is 0 Å². The van der Waals surface area contributed by atoms with Crippen molar-refractivity contribution in [3.05, 3.63) is 99.6 Å². The van der Waals surface area contributed by atoms with E-state index in [1.807, 2.05) is 54.6 Å². The highest BCUT2D eigenvalue weighted by Gasteiger charge is 2.30. The summed E-state index contributed by atoms with van der Waals surface area (Å²) in [6.45, 7) is 3.17. The molecule has 9 heteroatoms. The topological polar surface area (TPSA) is 123 Å². The van der Waals surface area contributed by atoms with Crippen molar-refractivity contribution in [2.45, 2.75) is 19.9 Å². The third-order valence-corrected chi connectivity index (χ3v) is 5.61. The molecule has 1 amide bonds. The summed E-state index contributed by atoms with van der Waals surface area (Å²) in [5.74, 6) is -0.580. The van der Waals surface area contributed by atoms with Crippen molar-refractivity contribution in [3.8, 4) is 0 Å². The number of nitrogens with zero attached hydrogens (tertiary/aromatic N) is 1. The Labute approximate surface area is 208 Å². The number of nitro groups is 1. The number of hydrogen-bond acceptors (Lipinski definition) is 7. The van der Waals surface area contributed by atoms with Crippen LogP contribution in [0.2, 0.25) is 0 Å². The van der Waals surface area contributed by atoms with Crippen molar-refractivity contribution < 1.29 is 19.2 Å². The van der Waals surface area contributed by atoms with Gasteiger partial charge in [-0.15, -0.1) is 0 Å². The van der Waals surface area contributed by atoms with Crippen molar-refractivity contribution in [3.63, 3.8) is 0 Å². The second-order valence-electron chi connectivity index (χ2n) is 8.11. The zero-order chi connectivity index (χ0) is 25.5. The number of fused-ring (bicyclic) bond motifs is 1. The molecular weight excluding hydrogens is 460 g/mol. The average molecular weight is 487 g/mol. The smallest absolute Gasteiger partial charge is 0.307 e. The highest BCUT2D eigenvalue weighted by molar-refractivity contribution is 6.37. The normalized spacial score (nSPS) is 13.5. The molecule has 0 spiro atoms. The molecule has 3 N–H and O–H groups in total. The van der Waals surface area contributed by atoms with Gasteiger partial charge in [-0.25, -0.2) is 0 Å². The molecule has 0 aromatic heterocycles. The van der Waals surface area contributed by atoms with Crippen LogP contribution in [0.15, 0.2) is 72.8 Å². The fourth-order valence-electron chi connectivity index (χ4n) is 3.96. The molecule has 3 aromatic carbocycles. The summed E-state index contributed by atoms with van der Waals surface area (Å²) in [7, 11) is 0. The van der Waals surface area contributed by atoms with Gasteiger partial charge in [0, 0.05) is 42.2 Å². The van der Waals surface area contributed by atoms with E-state index in [4.69, 9.17) is 4.74 Å². The van der Waals surface area contributed by atoms with E-state index in [9.17, 15) is 19.7 Å². The lowest BCUT2D eigenvalue weighted by atomic mass is 9.99. The van der Waals surface area contributed by atoms with Crippen LogP contribution in [0.4, 0.5) is 17.1 Å². The quantitative estimate of drug-likeness (QED) is 0.126. The van der Waals surface area contributed by atoms with Crippen LogP contribution < -0.4 is 16.0 Å². The van der Waals surface area contributed by atoms with Gasteiger partial charge in [0.1, 0.15) is 0 Å². The minimum Gasteiger partial charge on any atom is -0.466 e. The maximum absolute atomic E-state index is 13.0. The first-order chi connectivity index (χ1) is 17.5. The number of rotatable bonds is 10. The van der Waals surface area contributed by atoms with Gasteiger partial charge >= 0.3 is 5.97 Å². The fraction of sp³-hybridized carbons (Fsp3) is 0.185. The Hall–Kier alpha value is -4.50. The average Bonchev–Trinajstić information content (AvgIpc) is 3.21. The van der Waals surface area contributed by atoms with Crippen LogP contribution in [-0.2, 0) is 20.9 Å². The van der Waals surface area contributed by atoms with E-state index in [1.165, 1.54) is 12.1 Å². The van der Waals surface area contributed by atoms with Crippen molar-refractivity contribution in [1.82, 2.24) is 5.32 Å². The zero-order valence-electron chi connectivity index (χ0n) is 19.7. The van der Waals surface area contributed by atoms with E-state index >= 15 is 0 Å². The Morgan fingerprint density at radius 1 is 1.06 bits per heavy atom. The molecule has 1 aliphatic heterocycles. The second-order valence-corrected chi connectivity index (χ2v) is 8.11. The predicted octanol–water partition coefficient (Wildman–Crippen LogP) is 4.57. The van der Waals surface area contributed by atoms with E-state index < -0.39 is 4.92 Å². The number of nitro benzene ring substituents is 1. The SMILES string of the molecule is CCOC(=O)CCNCc1cccc(N/C(=C2\C(=O)Nc3ccc([N+](=O)[O-])cc32)c2ccccc2)c1. The molecule has 184 valence electrons. The van der Waals surface area contributed by atoms with E-state index in [1.54, 1.807) is 13.0 Å². The van der Waals surface area contributed by atoms with Gasteiger partial charge in [0.25, 0.3) is 11.6 Å². The Morgan fingerprint density at radius 2 is 1.86 bits per heavy atom. The van der Waals surface area contributed by atoms with E-state index in [0.29, 0.717) is 42.2 Å². The Kier molecular flexibility index (Phi) is 7.72.